The average Bonchev–Trinajstić information content (AvgIpc) is 2.92. The number of rotatable bonds is 10. The number of benzene rings is 2. The maximum absolute atomic E-state index is 13.3. The van der Waals surface area contributed by atoms with Gasteiger partial charge in [-0.25, -0.2) is 13.2 Å². The summed E-state index contributed by atoms with van der Waals surface area (Å²) in [5.41, 5.74) is -1.72. The SMILES string of the molecule is CCNC(=O)Nc1ccc(C(F)(F)F)cc1C(=O)NCC(=O)N[C@H]1CCCC[C@@H]1CS(=O)(=O)c1ccc(SC)cc1. The Balaban J connectivity index is 1.67. The van der Waals surface area contributed by atoms with Gasteiger partial charge in [0.25, 0.3) is 5.91 Å². The zero-order valence-electron chi connectivity index (χ0n) is 22.6. The van der Waals surface area contributed by atoms with Gasteiger partial charge in [0.05, 0.1) is 34.0 Å². The Kier molecular flexibility index (Phi) is 11.1. The van der Waals surface area contributed by atoms with Gasteiger partial charge in [-0.3, -0.25) is 9.59 Å². The van der Waals surface area contributed by atoms with Crippen molar-refractivity contribution in [1.82, 2.24) is 16.0 Å². The number of carbonyl (C=O) groups excluding carboxylic acids is 3. The van der Waals surface area contributed by atoms with Crippen LogP contribution < -0.4 is 21.3 Å². The second kappa shape index (κ2) is 14.1. The smallest absolute Gasteiger partial charge is 0.352 e. The normalized spacial score (nSPS) is 17.4. The molecule has 224 valence electrons. The maximum Gasteiger partial charge on any atom is 0.416 e. The van der Waals surface area contributed by atoms with Crippen LogP contribution in [0.25, 0.3) is 0 Å². The van der Waals surface area contributed by atoms with Crippen LogP contribution in [0.3, 0.4) is 0 Å². The molecule has 1 aliphatic rings. The predicted octanol–water partition coefficient (Wildman–Crippen LogP) is 4.45. The fourth-order valence-corrected chi connectivity index (χ4v) is 6.73. The molecule has 1 fully saturated rings. The fraction of sp³-hybridized carbons (Fsp3) is 0.444. The van der Waals surface area contributed by atoms with Gasteiger partial charge >= 0.3 is 12.2 Å². The number of carbonyl (C=O) groups is 3. The van der Waals surface area contributed by atoms with Crippen molar-refractivity contribution in [2.45, 2.75) is 54.6 Å². The van der Waals surface area contributed by atoms with Crippen LogP contribution in [-0.2, 0) is 20.8 Å². The Labute approximate surface area is 241 Å². The van der Waals surface area contributed by atoms with Crippen LogP contribution in [-0.4, -0.2) is 57.4 Å². The zero-order valence-corrected chi connectivity index (χ0v) is 24.3. The standard InChI is InChI=1S/C27H33F3N4O5S2/c1-3-31-26(37)34-23-13-8-18(27(28,29)30)14-21(23)25(36)32-15-24(35)33-22-7-5-4-6-17(22)16-41(38,39)20-11-9-19(40-2)10-12-20/h8-14,17,22H,3-7,15-16H2,1-2H3,(H,32,36)(H,33,35)(H2,31,34,37)/t17-,22+/m1/s1. The minimum atomic E-state index is -4.73. The lowest BCUT2D eigenvalue weighted by molar-refractivity contribution is -0.137. The molecular weight excluding hydrogens is 581 g/mol. The Morgan fingerprint density at radius 2 is 1.68 bits per heavy atom. The van der Waals surface area contributed by atoms with E-state index in [4.69, 9.17) is 0 Å². The molecule has 41 heavy (non-hydrogen) atoms. The molecule has 0 radical (unpaired) electrons. The second-order valence-corrected chi connectivity index (χ2v) is 12.5. The van der Waals surface area contributed by atoms with Gasteiger partial charge in [0.15, 0.2) is 9.84 Å². The first-order valence-electron chi connectivity index (χ1n) is 13.0. The van der Waals surface area contributed by atoms with Gasteiger partial charge in [0, 0.05) is 17.5 Å². The molecule has 0 spiro atoms. The van der Waals surface area contributed by atoms with E-state index in [1.54, 1.807) is 31.2 Å². The molecule has 0 aromatic heterocycles. The highest BCUT2D eigenvalue weighted by Crippen LogP contribution is 2.32. The van der Waals surface area contributed by atoms with Gasteiger partial charge in [0.1, 0.15) is 0 Å². The van der Waals surface area contributed by atoms with Crippen molar-refractivity contribution in [3.8, 4) is 0 Å². The summed E-state index contributed by atoms with van der Waals surface area (Å²) in [4.78, 5) is 38.6. The molecule has 2 aromatic carbocycles. The molecular formula is C27H33F3N4O5S2. The number of nitrogens with one attached hydrogen (secondary N) is 4. The zero-order chi connectivity index (χ0) is 30.2. The molecule has 2 atom stereocenters. The molecule has 2 aromatic rings. The van der Waals surface area contributed by atoms with Crippen molar-refractivity contribution in [3.05, 3.63) is 53.6 Å². The summed E-state index contributed by atoms with van der Waals surface area (Å²) in [7, 11) is -3.61. The van der Waals surface area contributed by atoms with Gasteiger partial charge in [-0.15, -0.1) is 11.8 Å². The largest absolute Gasteiger partial charge is 0.416 e. The Bertz CT molecular complexity index is 1350. The van der Waals surface area contributed by atoms with Crippen molar-refractivity contribution in [3.63, 3.8) is 0 Å². The van der Waals surface area contributed by atoms with Crippen LogP contribution in [0.2, 0.25) is 0 Å². The number of anilines is 1. The Morgan fingerprint density at radius 3 is 2.32 bits per heavy atom. The number of urea groups is 1. The Hall–Kier alpha value is -3.26. The van der Waals surface area contributed by atoms with E-state index in [0.717, 1.165) is 29.9 Å². The van der Waals surface area contributed by atoms with Crippen LogP contribution in [0.4, 0.5) is 23.7 Å². The molecule has 0 unspecified atom stereocenters. The summed E-state index contributed by atoms with van der Waals surface area (Å²) in [5, 5.41) is 9.85. The lowest BCUT2D eigenvalue weighted by atomic mass is 9.86. The molecule has 0 bridgehead atoms. The minimum absolute atomic E-state index is 0.151. The summed E-state index contributed by atoms with van der Waals surface area (Å²) in [5.74, 6) is -2.09. The molecule has 4 amide bonds. The number of sulfone groups is 1. The first kappa shape index (κ1) is 32.3. The lowest BCUT2D eigenvalue weighted by Crippen LogP contribution is -2.47. The van der Waals surface area contributed by atoms with Crippen molar-refractivity contribution in [2.75, 3.05) is 30.4 Å². The second-order valence-electron chi connectivity index (χ2n) is 9.60. The van der Waals surface area contributed by atoms with Gasteiger partial charge in [-0.2, -0.15) is 13.2 Å². The topological polar surface area (TPSA) is 133 Å². The van der Waals surface area contributed by atoms with E-state index in [2.05, 4.69) is 21.3 Å². The van der Waals surface area contributed by atoms with E-state index in [9.17, 15) is 36.0 Å². The third kappa shape index (κ3) is 9.12. The van der Waals surface area contributed by atoms with Gasteiger partial charge in [-0.1, -0.05) is 12.8 Å². The van der Waals surface area contributed by atoms with Gasteiger partial charge < -0.3 is 21.3 Å². The molecule has 0 aliphatic heterocycles. The minimum Gasteiger partial charge on any atom is -0.352 e. The number of halogens is 3. The predicted molar refractivity (Wildman–Crippen MR) is 151 cm³/mol. The average molecular weight is 615 g/mol. The van der Waals surface area contributed by atoms with Gasteiger partial charge in [0.2, 0.25) is 5.91 Å². The molecule has 3 rings (SSSR count). The quantitative estimate of drug-likeness (QED) is 0.293. The van der Waals surface area contributed by atoms with E-state index in [1.807, 2.05) is 6.26 Å². The summed E-state index contributed by atoms with van der Waals surface area (Å²) < 4.78 is 66.0. The molecule has 4 N–H and O–H groups in total. The van der Waals surface area contributed by atoms with Gasteiger partial charge in [-0.05, 0) is 74.4 Å². The van der Waals surface area contributed by atoms with Crippen LogP contribution in [0.5, 0.6) is 0 Å². The summed E-state index contributed by atoms with van der Waals surface area (Å²) in [6, 6.07) is 7.75. The summed E-state index contributed by atoms with van der Waals surface area (Å²) >= 11 is 1.50. The molecule has 9 nitrogen and oxygen atoms in total. The number of alkyl halides is 3. The third-order valence-electron chi connectivity index (χ3n) is 6.69. The first-order chi connectivity index (χ1) is 19.3. The molecule has 14 heteroatoms. The molecule has 0 saturated heterocycles. The number of thioether (sulfide) groups is 1. The first-order valence-corrected chi connectivity index (χ1v) is 15.9. The summed E-state index contributed by atoms with van der Waals surface area (Å²) in [6.07, 6.45) is -0.0916. The highest BCUT2D eigenvalue weighted by molar-refractivity contribution is 7.98. The van der Waals surface area contributed by atoms with Crippen LogP contribution in [0.1, 0.15) is 48.5 Å². The maximum atomic E-state index is 13.3. The lowest BCUT2D eigenvalue weighted by Gasteiger charge is -2.32. The van der Waals surface area contributed by atoms with E-state index >= 15 is 0 Å². The van der Waals surface area contributed by atoms with E-state index in [0.29, 0.717) is 18.9 Å². The van der Waals surface area contributed by atoms with Crippen molar-refractivity contribution < 1.29 is 36.0 Å². The van der Waals surface area contributed by atoms with Crippen molar-refractivity contribution >= 4 is 45.1 Å². The summed E-state index contributed by atoms with van der Waals surface area (Å²) in [6.45, 7) is 1.34. The third-order valence-corrected chi connectivity index (χ3v) is 9.30. The van der Waals surface area contributed by atoms with Crippen molar-refractivity contribution in [2.24, 2.45) is 5.92 Å². The van der Waals surface area contributed by atoms with Crippen LogP contribution in [0.15, 0.2) is 52.3 Å². The van der Waals surface area contributed by atoms with E-state index in [-0.39, 0.29) is 28.8 Å². The van der Waals surface area contributed by atoms with Crippen molar-refractivity contribution in [1.29, 1.82) is 0 Å². The van der Waals surface area contributed by atoms with Crippen LogP contribution >= 0.6 is 11.8 Å². The molecule has 1 aliphatic carbocycles. The van der Waals surface area contributed by atoms with E-state index in [1.165, 1.54) is 11.8 Å². The number of hydrogen-bond acceptors (Lipinski definition) is 6. The van der Waals surface area contributed by atoms with Crippen LogP contribution in [0, 0.1) is 5.92 Å². The number of hydrogen-bond donors (Lipinski definition) is 4. The fourth-order valence-electron chi connectivity index (χ4n) is 4.62. The highest BCUT2D eigenvalue weighted by Gasteiger charge is 2.33. The molecule has 1 saturated carbocycles. The molecule has 0 heterocycles. The van der Waals surface area contributed by atoms with E-state index < -0.39 is 57.6 Å². The monoisotopic (exact) mass is 614 g/mol. The number of amides is 4. The highest BCUT2D eigenvalue weighted by atomic mass is 32.2. The Morgan fingerprint density at radius 1 is 1.00 bits per heavy atom.